The van der Waals surface area contributed by atoms with Gasteiger partial charge in [-0.05, 0) is 29.3 Å². The van der Waals surface area contributed by atoms with E-state index in [1.165, 1.54) is 27.4 Å². The van der Waals surface area contributed by atoms with Gasteiger partial charge in [0.15, 0.2) is 28.8 Å². The molecule has 0 saturated heterocycles. The molecule has 0 fully saturated rings. The average Bonchev–Trinajstić information content (AvgIpc) is 3.33. The first-order chi connectivity index (χ1) is 16.1. The summed E-state index contributed by atoms with van der Waals surface area (Å²) in [6, 6.07) is 16.8. The topological polar surface area (TPSA) is 72.5 Å². The molecule has 7 heteroatoms. The highest BCUT2D eigenvalue weighted by Gasteiger charge is 2.25. The van der Waals surface area contributed by atoms with E-state index in [1.807, 2.05) is 42.5 Å². The normalized spacial score (nSPS) is 12.0. The van der Waals surface area contributed by atoms with E-state index in [0.29, 0.717) is 28.7 Å². The summed E-state index contributed by atoms with van der Waals surface area (Å²) in [7, 11) is 4.47. The number of fused-ring (bicyclic) bond motifs is 1. The summed E-state index contributed by atoms with van der Waals surface area (Å²) in [5, 5.41) is 0. The third-order valence-corrected chi connectivity index (χ3v) is 5.10. The first-order valence-electron chi connectivity index (χ1n) is 10.3. The van der Waals surface area contributed by atoms with Gasteiger partial charge >= 0.3 is 0 Å². The van der Waals surface area contributed by atoms with E-state index < -0.39 is 0 Å². The number of rotatable bonds is 9. The fourth-order valence-electron chi connectivity index (χ4n) is 3.49. The standard InChI is InChI=1S/C26H24O7/c1-28-23-14-22(31-15-18-7-5-4-6-8-18)24(26(30-3)25(23)29-2)19(27)11-9-17-10-12-20-21(13-17)33-16-32-20/h4-14H,15-16H2,1-3H3/b11-9+. The van der Waals surface area contributed by atoms with Gasteiger partial charge in [0.2, 0.25) is 12.5 Å². The van der Waals surface area contributed by atoms with Crippen molar-refractivity contribution in [2.75, 3.05) is 28.1 Å². The number of hydrogen-bond donors (Lipinski definition) is 0. The van der Waals surface area contributed by atoms with Crippen LogP contribution in [0.25, 0.3) is 6.08 Å². The molecule has 7 nitrogen and oxygen atoms in total. The van der Waals surface area contributed by atoms with Crippen LogP contribution in [0.5, 0.6) is 34.5 Å². The maximum atomic E-state index is 13.3. The van der Waals surface area contributed by atoms with E-state index in [9.17, 15) is 4.79 Å². The summed E-state index contributed by atoms with van der Waals surface area (Å²) in [6.07, 6.45) is 3.15. The van der Waals surface area contributed by atoms with Gasteiger partial charge in [-0.1, -0.05) is 42.5 Å². The quantitative estimate of drug-likeness (QED) is 0.340. The molecule has 1 aliphatic heterocycles. The van der Waals surface area contributed by atoms with Crippen molar-refractivity contribution >= 4 is 11.9 Å². The Balaban J connectivity index is 1.69. The highest BCUT2D eigenvalue weighted by molar-refractivity contribution is 6.11. The molecule has 1 heterocycles. The Kier molecular flexibility index (Phi) is 6.69. The van der Waals surface area contributed by atoms with Gasteiger partial charge in [-0.2, -0.15) is 0 Å². The van der Waals surface area contributed by atoms with Crippen LogP contribution < -0.4 is 28.4 Å². The molecule has 0 radical (unpaired) electrons. The minimum absolute atomic E-state index is 0.187. The Labute approximate surface area is 192 Å². The third-order valence-electron chi connectivity index (χ3n) is 5.10. The Morgan fingerprint density at radius 3 is 2.36 bits per heavy atom. The highest BCUT2D eigenvalue weighted by atomic mass is 16.7. The first-order valence-corrected chi connectivity index (χ1v) is 10.3. The molecule has 0 N–H and O–H groups in total. The first kappa shape index (κ1) is 22.1. The van der Waals surface area contributed by atoms with Crippen molar-refractivity contribution in [2.24, 2.45) is 0 Å². The SMILES string of the molecule is COc1cc(OCc2ccccc2)c(C(=O)/C=C/c2ccc3c(c2)OCO3)c(OC)c1OC. The molecule has 0 atom stereocenters. The van der Waals surface area contributed by atoms with E-state index in [0.717, 1.165) is 11.1 Å². The summed E-state index contributed by atoms with van der Waals surface area (Å²) in [6.45, 7) is 0.456. The molecular weight excluding hydrogens is 424 g/mol. The molecular formula is C26H24O7. The smallest absolute Gasteiger partial charge is 0.231 e. The van der Waals surface area contributed by atoms with Gasteiger partial charge < -0.3 is 28.4 Å². The number of carbonyl (C=O) groups excluding carboxylic acids is 1. The molecule has 0 aromatic heterocycles. The average molecular weight is 448 g/mol. The Hall–Kier alpha value is -4.13. The highest BCUT2D eigenvalue weighted by Crippen LogP contribution is 2.45. The largest absolute Gasteiger partial charge is 0.493 e. The maximum absolute atomic E-state index is 13.3. The summed E-state index contributed by atoms with van der Waals surface area (Å²) >= 11 is 0. The van der Waals surface area contributed by atoms with Crippen molar-refractivity contribution in [1.82, 2.24) is 0 Å². The monoisotopic (exact) mass is 448 g/mol. The lowest BCUT2D eigenvalue weighted by atomic mass is 10.0. The third kappa shape index (κ3) is 4.72. The van der Waals surface area contributed by atoms with Crippen molar-refractivity contribution < 1.29 is 33.2 Å². The zero-order valence-corrected chi connectivity index (χ0v) is 18.6. The minimum Gasteiger partial charge on any atom is -0.493 e. The molecule has 0 amide bonds. The fourth-order valence-corrected chi connectivity index (χ4v) is 3.49. The lowest BCUT2D eigenvalue weighted by Crippen LogP contribution is -2.07. The number of ether oxygens (including phenoxy) is 6. The van der Waals surface area contributed by atoms with E-state index in [2.05, 4.69) is 0 Å². The van der Waals surface area contributed by atoms with Crippen LogP contribution >= 0.6 is 0 Å². The van der Waals surface area contributed by atoms with Gasteiger partial charge in [-0.3, -0.25) is 4.79 Å². The van der Waals surface area contributed by atoms with Crippen molar-refractivity contribution in [3.8, 4) is 34.5 Å². The summed E-state index contributed by atoms with van der Waals surface area (Å²) in [4.78, 5) is 13.3. The predicted molar refractivity (Wildman–Crippen MR) is 123 cm³/mol. The second-order valence-corrected chi connectivity index (χ2v) is 7.10. The Bertz CT molecular complexity index is 1170. The number of benzene rings is 3. The Morgan fingerprint density at radius 1 is 0.879 bits per heavy atom. The number of hydrogen-bond acceptors (Lipinski definition) is 7. The number of carbonyl (C=O) groups is 1. The second kappa shape index (κ2) is 9.99. The molecule has 0 bridgehead atoms. The van der Waals surface area contributed by atoms with Crippen molar-refractivity contribution in [3.05, 3.63) is 77.4 Å². The second-order valence-electron chi connectivity index (χ2n) is 7.10. The van der Waals surface area contributed by atoms with Crippen LogP contribution in [0.1, 0.15) is 21.5 Å². The van der Waals surface area contributed by atoms with Crippen LogP contribution in [0.4, 0.5) is 0 Å². The molecule has 33 heavy (non-hydrogen) atoms. The van der Waals surface area contributed by atoms with E-state index in [1.54, 1.807) is 18.2 Å². The van der Waals surface area contributed by atoms with E-state index >= 15 is 0 Å². The van der Waals surface area contributed by atoms with Gasteiger partial charge in [-0.25, -0.2) is 0 Å². The van der Waals surface area contributed by atoms with Crippen molar-refractivity contribution in [3.63, 3.8) is 0 Å². The molecule has 1 aliphatic rings. The van der Waals surface area contributed by atoms with Crippen LogP contribution in [0, 0.1) is 0 Å². The Morgan fingerprint density at radius 2 is 1.64 bits per heavy atom. The molecule has 170 valence electrons. The van der Waals surface area contributed by atoms with Gasteiger partial charge in [0.1, 0.15) is 17.9 Å². The summed E-state index contributed by atoms with van der Waals surface area (Å²) < 4.78 is 33.2. The van der Waals surface area contributed by atoms with Crippen LogP contribution in [0.2, 0.25) is 0 Å². The predicted octanol–water partition coefficient (Wildman–Crippen LogP) is 4.92. The number of allylic oxidation sites excluding steroid dienone is 1. The van der Waals surface area contributed by atoms with E-state index in [-0.39, 0.29) is 30.5 Å². The van der Waals surface area contributed by atoms with Crippen molar-refractivity contribution in [1.29, 1.82) is 0 Å². The number of ketones is 1. The van der Waals surface area contributed by atoms with Crippen LogP contribution in [-0.4, -0.2) is 33.9 Å². The summed E-state index contributed by atoms with van der Waals surface area (Å²) in [5.41, 5.74) is 1.99. The zero-order valence-electron chi connectivity index (χ0n) is 18.6. The van der Waals surface area contributed by atoms with E-state index in [4.69, 9.17) is 28.4 Å². The summed E-state index contributed by atoms with van der Waals surface area (Å²) in [5.74, 6) is 2.28. The number of methoxy groups -OCH3 is 3. The van der Waals surface area contributed by atoms with Crippen LogP contribution in [-0.2, 0) is 6.61 Å². The lowest BCUT2D eigenvalue weighted by Gasteiger charge is -2.18. The van der Waals surface area contributed by atoms with Gasteiger partial charge in [0.25, 0.3) is 0 Å². The van der Waals surface area contributed by atoms with Crippen LogP contribution in [0.15, 0.2) is 60.7 Å². The molecule has 3 aromatic carbocycles. The molecule has 0 saturated carbocycles. The molecule has 0 spiro atoms. The molecule has 0 aliphatic carbocycles. The van der Waals surface area contributed by atoms with Gasteiger partial charge in [0, 0.05) is 6.07 Å². The minimum atomic E-state index is -0.312. The molecule has 4 rings (SSSR count). The fraction of sp³-hybridized carbons (Fsp3) is 0.192. The van der Waals surface area contributed by atoms with Gasteiger partial charge in [0.05, 0.1) is 21.3 Å². The zero-order chi connectivity index (χ0) is 23.2. The van der Waals surface area contributed by atoms with Gasteiger partial charge in [-0.15, -0.1) is 0 Å². The molecule has 0 unspecified atom stereocenters. The maximum Gasteiger partial charge on any atom is 0.231 e. The molecule has 3 aromatic rings. The lowest BCUT2D eigenvalue weighted by molar-refractivity contribution is 0.103. The van der Waals surface area contributed by atoms with Crippen LogP contribution in [0.3, 0.4) is 0 Å². The van der Waals surface area contributed by atoms with Crippen molar-refractivity contribution in [2.45, 2.75) is 6.61 Å².